The van der Waals surface area contributed by atoms with Gasteiger partial charge in [0.1, 0.15) is 6.61 Å². The van der Waals surface area contributed by atoms with Crippen LogP contribution in [-0.4, -0.2) is 67.9 Å². The van der Waals surface area contributed by atoms with Crippen molar-refractivity contribution in [1.82, 2.24) is 4.91 Å². The zero-order valence-electron chi connectivity index (χ0n) is 14.6. The zero-order valence-corrected chi connectivity index (χ0v) is 14.6. The van der Waals surface area contributed by atoms with Gasteiger partial charge in [0.15, 0.2) is 4.70 Å². The van der Waals surface area contributed by atoms with Crippen LogP contribution < -0.4 is 4.91 Å². The monoisotopic (exact) mass is 314 g/mol. The second kappa shape index (κ2) is 10.7. The van der Waals surface area contributed by atoms with Crippen LogP contribution in [0.1, 0.15) is 40.5 Å². The first-order valence-electron chi connectivity index (χ1n) is 8.26. The number of hydrogen-bond donors (Lipinski definition) is 0. The third kappa shape index (κ3) is 9.82. The van der Waals surface area contributed by atoms with Gasteiger partial charge in [-0.15, -0.1) is 0 Å². The van der Waals surface area contributed by atoms with E-state index in [2.05, 4.69) is 37.4 Å². The van der Waals surface area contributed by atoms with E-state index in [1.807, 2.05) is 4.70 Å². The molecule has 1 aliphatic heterocycles. The Kier molecular flexibility index (Phi) is 9.21. The zero-order chi connectivity index (χ0) is 16.3. The van der Waals surface area contributed by atoms with Gasteiger partial charge >= 0.3 is 22.0 Å². The molecule has 22 heavy (non-hydrogen) atoms. The van der Waals surface area contributed by atoms with Gasteiger partial charge in [0.2, 0.25) is 0 Å². The quantitative estimate of drug-likeness (QED) is 0.312. The third-order valence-corrected chi connectivity index (χ3v) is 3.32. The molecule has 0 spiro atoms. The van der Waals surface area contributed by atoms with Gasteiger partial charge in [0, 0.05) is 6.61 Å². The van der Waals surface area contributed by atoms with Crippen molar-refractivity contribution in [2.75, 3.05) is 52.7 Å². The number of hydrogen-bond acceptors (Lipinski definition) is 3. The molecule has 126 valence electrons. The van der Waals surface area contributed by atoms with E-state index in [1.54, 1.807) is 0 Å². The fraction of sp³-hybridized carbons (Fsp3) is 0.938. The Labute approximate surface area is 133 Å². The Morgan fingerprint density at radius 1 is 0.955 bits per heavy atom. The highest BCUT2D eigenvalue weighted by Crippen LogP contribution is 2.17. The average molecular weight is 314 g/mol. The molecule has 0 saturated carbocycles. The largest absolute Gasteiger partial charge is 0.668 e. The van der Waals surface area contributed by atoms with Crippen LogP contribution in [0.4, 0.5) is 0 Å². The fourth-order valence-corrected chi connectivity index (χ4v) is 1.80. The van der Waals surface area contributed by atoms with Crippen molar-refractivity contribution in [1.29, 1.82) is 0 Å². The van der Waals surface area contributed by atoms with Crippen molar-refractivity contribution in [2.45, 2.75) is 40.5 Å². The van der Waals surface area contributed by atoms with Crippen LogP contribution >= 0.6 is 0 Å². The van der Waals surface area contributed by atoms with Crippen molar-refractivity contribution in [3.63, 3.8) is 0 Å². The van der Waals surface area contributed by atoms with Gasteiger partial charge in [-0.05, 0) is 11.8 Å². The van der Waals surface area contributed by atoms with Crippen molar-refractivity contribution in [3.05, 3.63) is 0 Å². The lowest BCUT2D eigenvalue weighted by atomic mass is 9.93. The van der Waals surface area contributed by atoms with Crippen molar-refractivity contribution >= 4 is 5.71 Å². The summed E-state index contributed by atoms with van der Waals surface area (Å²) >= 11 is 0. The van der Waals surface area contributed by atoms with Crippen LogP contribution in [0.2, 0.25) is 0 Å². The molecule has 1 rings (SSSR count). The molecule has 1 heterocycles. The number of rotatable bonds is 12. The first kappa shape index (κ1) is 19.0. The Morgan fingerprint density at radius 2 is 1.55 bits per heavy atom. The summed E-state index contributed by atoms with van der Waals surface area (Å²) in [5, 5.41) is 0. The normalized spacial score (nSPS) is 14.4. The summed E-state index contributed by atoms with van der Waals surface area (Å²) in [5.41, 5.74) is 1.47. The van der Waals surface area contributed by atoms with E-state index >= 15 is 0 Å². The highest BCUT2D eigenvalue weighted by Gasteiger charge is 2.36. The number of ether oxygens (including phenoxy) is 3. The fourth-order valence-electron chi connectivity index (χ4n) is 1.80. The van der Waals surface area contributed by atoms with Gasteiger partial charge in [0.25, 0.3) is 6.54 Å². The minimum atomic E-state index is 0.333. The third-order valence-electron chi connectivity index (χ3n) is 3.32. The van der Waals surface area contributed by atoms with E-state index in [0.29, 0.717) is 38.4 Å². The minimum Gasteiger partial charge on any atom is -0.379 e. The summed E-state index contributed by atoms with van der Waals surface area (Å²) in [4.78, 5) is 8.16. The predicted octanol–water partition coefficient (Wildman–Crippen LogP) is 1.53. The van der Waals surface area contributed by atoms with Crippen LogP contribution in [0.5, 0.6) is 0 Å². The maximum absolute atomic E-state index is 5.53. The van der Waals surface area contributed by atoms with Crippen LogP contribution in [0.25, 0.3) is 0 Å². The summed E-state index contributed by atoms with van der Waals surface area (Å²) in [7, 11) is 0. The minimum absolute atomic E-state index is 0.333. The van der Waals surface area contributed by atoms with Crippen molar-refractivity contribution in [2.24, 2.45) is 5.41 Å². The maximum Gasteiger partial charge on any atom is 0.668 e. The molecule has 0 radical (unpaired) electrons. The van der Waals surface area contributed by atoms with E-state index in [0.717, 1.165) is 38.2 Å². The van der Waals surface area contributed by atoms with Gasteiger partial charge < -0.3 is 14.2 Å². The molecule has 0 aromatic carbocycles. The second-order valence-corrected chi connectivity index (χ2v) is 6.65. The molecule has 0 aromatic rings. The first-order chi connectivity index (χ1) is 10.5. The number of nitrogens with zero attached hydrogens (tertiary/aromatic N) is 3. The standard InChI is InChI=1S/C16H32N3O3/c1-5-15-14-19(18-17-15)7-9-21-11-13-22-12-10-20-8-6-16(2,3)4/h5-14H2,1-4H3/q+3. The molecule has 0 bridgehead atoms. The van der Waals surface area contributed by atoms with E-state index < -0.39 is 0 Å². The molecule has 0 amide bonds. The lowest BCUT2D eigenvalue weighted by Crippen LogP contribution is -2.22. The molecule has 0 N–H and O–H groups in total. The summed E-state index contributed by atoms with van der Waals surface area (Å²) in [6, 6.07) is 0. The molecule has 0 unspecified atom stereocenters. The highest BCUT2D eigenvalue weighted by atomic mass is 16.5. The van der Waals surface area contributed by atoms with Gasteiger partial charge in [-0.3, -0.25) is 0 Å². The summed E-state index contributed by atoms with van der Waals surface area (Å²) in [6.45, 7) is 14.3. The van der Waals surface area contributed by atoms with Gasteiger partial charge in [-0.1, -0.05) is 27.7 Å². The molecule has 1 aliphatic rings. The Hall–Kier alpha value is -1.03. The van der Waals surface area contributed by atoms with Gasteiger partial charge in [0.05, 0.1) is 32.8 Å². The lowest BCUT2D eigenvalue weighted by molar-refractivity contribution is -0.606. The molecular formula is C16H32N3O3+3. The van der Waals surface area contributed by atoms with E-state index in [9.17, 15) is 0 Å². The van der Waals surface area contributed by atoms with Crippen molar-refractivity contribution < 1.29 is 23.7 Å². The van der Waals surface area contributed by atoms with Crippen LogP contribution in [-0.2, 0) is 14.2 Å². The van der Waals surface area contributed by atoms with E-state index in [-0.39, 0.29) is 0 Å². The van der Waals surface area contributed by atoms with E-state index in [4.69, 9.17) is 14.2 Å². The van der Waals surface area contributed by atoms with Crippen LogP contribution in [0, 0.1) is 5.41 Å². The molecule has 6 nitrogen and oxygen atoms in total. The van der Waals surface area contributed by atoms with Crippen LogP contribution in [0.15, 0.2) is 0 Å². The topological polar surface area (TPSA) is 58.9 Å². The Balaban J connectivity index is 1.83. The predicted molar refractivity (Wildman–Crippen MR) is 84.2 cm³/mol. The van der Waals surface area contributed by atoms with Gasteiger partial charge in [-0.2, -0.15) is 0 Å². The smallest absolute Gasteiger partial charge is 0.379 e. The van der Waals surface area contributed by atoms with E-state index in [1.165, 1.54) is 0 Å². The summed E-state index contributed by atoms with van der Waals surface area (Å²) in [6.07, 6.45) is 2.04. The average Bonchev–Trinajstić information content (AvgIpc) is 2.91. The molecule has 0 aliphatic carbocycles. The molecule has 6 heteroatoms. The SMILES string of the molecule is CCC1=[N+]=[N+]=[N+](CCOCCOCCOCCC(C)(C)C)C1. The molecular weight excluding hydrogens is 282 g/mol. The Bertz CT molecular complexity index is 417. The first-order valence-corrected chi connectivity index (χ1v) is 8.26. The van der Waals surface area contributed by atoms with Crippen molar-refractivity contribution in [3.8, 4) is 0 Å². The highest BCUT2D eigenvalue weighted by molar-refractivity contribution is 5.79. The van der Waals surface area contributed by atoms with Crippen LogP contribution in [0.3, 0.4) is 0 Å². The maximum atomic E-state index is 5.53. The summed E-state index contributed by atoms with van der Waals surface area (Å²) < 4.78 is 18.4. The molecule has 0 fully saturated rings. The molecule has 0 aromatic heterocycles. The Morgan fingerprint density at radius 3 is 2.09 bits per heavy atom. The van der Waals surface area contributed by atoms with Gasteiger partial charge in [-0.25, -0.2) is 0 Å². The summed E-state index contributed by atoms with van der Waals surface area (Å²) in [5.74, 6) is 0. The lowest BCUT2D eigenvalue weighted by Gasteiger charge is -2.17. The second-order valence-electron chi connectivity index (χ2n) is 6.65. The molecule has 0 saturated heterocycles. The molecule has 0 atom stereocenters.